The van der Waals surface area contributed by atoms with Gasteiger partial charge in [-0.05, 0) is 49.0 Å². The number of hydrogen-bond acceptors (Lipinski definition) is 2. The molecule has 0 aromatic heterocycles. The van der Waals surface area contributed by atoms with Crippen LogP contribution in [0.4, 0.5) is 0 Å². The first-order chi connectivity index (χ1) is 7.08. The van der Waals surface area contributed by atoms with Crippen LogP contribution in [0.15, 0.2) is 11.3 Å². The molecule has 2 rings (SSSR count). The molecule has 0 saturated heterocycles. The third kappa shape index (κ3) is 2.20. The summed E-state index contributed by atoms with van der Waals surface area (Å²) in [4.78, 5) is 0. The summed E-state index contributed by atoms with van der Waals surface area (Å²) in [6.45, 7) is 6.91. The Hall–Kier alpha value is -0.500. The van der Waals surface area contributed by atoms with E-state index < -0.39 is 0 Å². The Morgan fingerprint density at radius 1 is 1.27 bits per heavy atom. The summed E-state index contributed by atoms with van der Waals surface area (Å²) >= 11 is 0. The van der Waals surface area contributed by atoms with E-state index >= 15 is 0 Å². The summed E-state index contributed by atoms with van der Waals surface area (Å²) in [5, 5.41) is 13.1. The molecule has 4 unspecified atom stereocenters. The zero-order valence-electron chi connectivity index (χ0n) is 10.1. The first kappa shape index (κ1) is 11.0. The molecule has 15 heavy (non-hydrogen) atoms. The largest absolute Gasteiger partial charge is 0.374 e. The van der Waals surface area contributed by atoms with Crippen molar-refractivity contribution in [3.8, 4) is 0 Å². The molecule has 2 nitrogen and oxygen atoms in total. The molecule has 0 amide bonds. The second-order valence-electron chi connectivity index (χ2n) is 5.51. The number of rotatable bonds is 0. The van der Waals surface area contributed by atoms with E-state index in [0.29, 0.717) is 11.8 Å². The minimum absolute atomic E-state index is 0.330. The van der Waals surface area contributed by atoms with E-state index in [1.165, 1.54) is 18.5 Å². The number of aliphatic hydroxyl groups excluding tert-OH is 1. The average Bonchev–Trinajstić information content (AvgIpc) is 2.27. The Balaban J connectivity index is 2.25. The van der Waals surface area contributed by atoms with E-state index in [2.05, 4.69) is 26.1 Å². The van der Waals surface area contributed by atoms with Crippen molar-refractivity contribution in [1.29, 1.82) is 0 Å². The minimum atomic E-state index is -0.330. The summed E-state index contributed by atoms with van der Waals surface area (Å²) in [6, 6.07) is 0. The van der Waals surface area contributed by atoms with Crippen LogP contribution in [-0.2, 0) is 0 Å². The van der Waals surface area contributed by atoms with Gasteiger partial charge in [0.2, 0.25) is 0 Å². The first-order valence-corrected chi connectivity index (χ1v) is 6.24. The Morgan fingerprint density at radius 3 is 2.73 bits per heavy atom. The highest BCUT2D eigenvalue weighted by Gasteiger charge is 2.30. The van der Waals surface area contributed by atoms with Gasteiger partial charge >= 0.3 is 0 Å². The number of aliphatic hydroxyl groups is 1. The number of hydrogen-bond donors (Lipinski definition) is 2. The van der Waals surface area contributed by atoms with Crippen LogP contribution in [0.5, 0.6) is 0 Å². The predicted molar refractivity (Wildman–Crippen MR) is 62.1 cm³/mol. The second kappa shape index (κ2) is 4.17. The lowest BCUT2D eigenvalue weighted by atomic mass is 9.78. The van der Waals surface area contributed by atoms with Crippen LogP contribution in [0, 0.1) is 17.8 Å². The summed E-state index contributed by atoms with van der Waals surface area (Å²) in [7, 11) is 0. The lowest BCUT2D eigenvalue weighted by Gasteiger charge is -2.28. The molecule has 1 heterocycles. The van der Waals surface area contributed by atoms with Gasteiger partial charge < -0.3 is 10.4 Å². The fourth-order valence-corrected chi connectivity index (χ4v) is 2.94. The monoisotopic (exact) mass is 209 g/mol. The molecule has 2 heteroatoms. The molecule has 86 valence electrons. The fraction of sp³-hybridized carbons (Fsp3) is 0.846. The van der Waals surface area contributed by atoms with Gasteiger partial charge in [0.25, 0.3) is 0 Å². The lowest BCUT2D eigenvalue weighted by molar-refractivity contribution is 0.119. The summed E-state index contributed by atoms with van der Waals surface area (Å²) in [5.41, 5.74) is 2.93. The van der Waals surface area contributed by atoms with Gasteiger partial charge in [0.05, 0.1) is 0 Å². The van der Waals surface area contributed by atoms with Crippen molar-refractivity contribution < 1.29 is 5.11 Å². The second-order valence-corrected chi connectivity index (χ2v) is 5.51. The number of allylic oxidation sites excluding steroid dienone is 2. The molecule has 1 aliphatic heterocycles. The fourth-order valence-electron chi connectivity index (χ4n) is 2.94. The van der Waals surface area contributed by atoms with Crippen LogP contribution < -0.4 is 5.32 Å². The standard InChI is InChI=1S/C13H23NO/c1-8-4-5-12-11(6-8)10(3)9(2)7-13(15)14-12/h8-10,13-15H,4-7H2,1-3H3. The van der Waals surface area contributed by atoms with Crippen LogP contribution in [-0.4, -0.2) is 11.3 Å². The van der Waals surface area contributed by atoms with Crippen molar-refractivity contribution in [2.24, 2.45) is 17.8 Å². The molecule has 2 N–H and O–H groups in total. The molecule has 2 aliphatic rings. The van der Waals surface area contributed by atoms with Gasteiger partial charge in [0, 0.05) is 5.70 Å². The van der Waals surface area contributed by atoms with Gasteiger partial charge in [0.1, 0.15) is 6.23 Å². The molecular formula is C13H23NO. The van der Waals surface area contributed by atoms with Gasteiger partial charge in [-0.2, -0.15) is 0 Å². The lowest BCUT2D eigenvalue weighted by Crippen LogP contribution is -2.29. The molecule has 0 bridgehead atoms. The first-order valence-electron chi connectivity index (χ1n) is 6.24. The van der Waals surface area contributed by atoms with Crippen LogP contribution in [0.1, 0.15) is 46.5 Å². The molecule has 0 spiro atoms. The topological polar surface area (TPSA) is 32.3 Å². The summed E-state index contributed by atoms with van der Waals surface area (Å²) in [5.74, 6) is 2.04. The van der Waals surface area contributed by atoms with Crippen LogP contribution in [0.25, 0.3) is 0 Å². The highest BCUT2D eigenvalue weighted by Crippen LogP contribution is 2.38. The molecule has 0 aromatic carbocycles. The molecule has 0 saturated carbocycles. The Labute approximate surface area is 92.8 Å². The molecular weight excluding hydrogens is 186 g/mol. The van der Waals surface area contributed by atoms with E-state index in [-0.39, 0.29) is 6.23 Å². The SMILES string of the molecule is CC1CCC2=C(C1)C(C)C(C)CC(O)N2. The Bertz CT molecular complexity index is 272. The predicted octanol–water partition coefficient (Wildman–Crippen LogP) is 2.64. The zero-order chi connectivity index (χ0) is 11.0. The maximum Gasteiger partial charge on any atom is 0.124 e. The highest BCUT2D eigenvalue weighted by molar-refractivity contribution is 5.21. The van der Waals surface area contributed by atoms with E-state index in [0.717, 1.165) is 18.8 Å². The number of nitrogens with one attached hydrogen (secondary N) is 1. The molecule has 0 aromatic rings. The molecule has 0 radical (unpaired) electrons. The normalized spacial score (nSPS) is 41.9. The summed E-state index contributed by atoms with van der Waals surface area (Å²) < 4.78 is 0. The minimum Gasteiger partial charge on any atom is -0.374 e. The van der Waals surface area contributed by atoms with Crippen molar-refractivity contribution in [3.63, 3.8) is 0 Å². The Morgan fingerprint density at radius 2 is 2.00 bits per heavy atom. The van der Waals surface area contributed by atoms with Gasteiger partial charge in [-0.1, -0.05) is 20.8 Å². The van der Waals surface area contributed by atoms with E-state index in [4.69, 9.17) is 0 Å². The third-order valence-electron chi connectivity index (χ3n) is 4.18. The maximum absolute atomic E-state index is 9.84. The van der Waals surface area contributed by atoms with Crippen LogP contribution in [0.2, 0.25) is 0 Å². The molecule has 1 aliphatic carbocycles. The van der Waals surface area contributed by atoms with E-state index in [1.807, 2.05) is 0 Å². The van der Waals surface area contributed by atoms with E-state index in [9.17, 15) is 5.11 Å². The average molecular weight is 209 g/mol. The smallest absolute Gasteiger partial charge is 0.124 e. The molecule has 0 fully saturated rings. The molecule has 4 atom stereocenters. The van der Waals surface area contributed by atoms with Crippen molar-refractivity contribution in [1.82, 2.24) is 5.32 Å². The third-order valence-corrected chi connectivity index (χ3v) is 4.18. The zero-order valence-corrected chi connectivity index (χ0v) is 10.1. The van der Waals surface area contributed by atoms with Crippen molar-refractivity contribution in [2.75, 3.05) is 0 Å². The van der Waals surface area contributed by atoms with Gasteiger partial charge in [-0.15, -0.1) is 0 Å². The maximum atomic E-state index is 9.84. The highest BCUT2D eigenvalue weighted by atomic mass is 16.3. The van der Waals surface area contributed by atoms with Gasteiger partial charge in [-0.25, -0.2) is 0 Å². The van der Waals surface area contributed by atoms with Crippen molar-refractivity contribution >= 4 is 0 Å². The van der Waals surface area contributed by atoms with Crippen LogP contribution in [0.3, 0.4) is 0 Å². The Kier molecular flexibility index (Phi) is 3.06. The van der Waals surface area contributed by atoms with E-state index in [1.54, 1.807) is 5.57 Å². The van der Waals surface area contributed by atoms with Gasteiger partial charge in [-0.3, -0.25) is 0 Å². The van der Waals surface area contributed by atoms with Crippen LogP contribution >= 0.6 is 0 Å². The van der Waals surface area contributed by atoms with Crippen molar-refractivity contribution in [2.45, 2.75) is 52.7 Å². The van der Waals surface area contributed by atoms with Crippen molar-refractivity contribution in [3.05, 3.63) is 11.3 Å². The quantitative estimate of drug-likeness (QED) is 0.643. The summed E-state index contributed by atoms with van der Waals surface area (Å²) in [6.07, 6.45) is 4.16. The van der Waals surface area contributed by atoms with Gasteiger partial charge in [0.15, 0.2) is 0 Å².